The standard InChI is InChI=1S/C22H22N2O.Li/c1-13-6-7-17-18-8-9-20(25)16(4)22(18)24(19(17)10-13)21-11-14(2)15(3)12-23(21)5;/h6-12H,1-5H3;/q;+1/i2D3;. The average molecular weight is 340 g/mol. The van der Waals surface area contributed by atoms with Crippen LogP contribution in [0.2, 0.25) is 0 Å². The monoisotopic (exact) mass is 340 g/mol. The molecule has 0 aliphatic heterocycles. The van der Waals surface area contributed by atoms with Gasteiger partial charge in [-0.25, -0.2) is 4.57 Å². The molecule has 2 heterocycles. The molecule has 4 rings (SSSR count). The van der Waals surface area contributed by atoms with Crippen molar-refractivity contribution in [3.05, 3.63) is 64.8 Å². The molecule has 2 aromatic carbocycles. The van der Waals surface area contributed by atoms with Crippen LogP contribution >= 0.6 is 0 Å². The molecule has 26 heavy (non-hydrogen) atoms. The van der Waals surface area contributed by atoms with Gasteiger partial charge in [0.15, 0.2) is 0 Å². The molecule has 126 valence electrons. The van der Waals surface area contributed by atoms with Gasteiger partial charge in [0.25, 0.3) is 5.82 Å². The predicted molar refractivity (Wildman–Crippen MR) is 100 cm³/mol. The van der Waals surface area contributed by atoms with Gasteiger partial charge in [-0.15, -0.1) is 5.75 Å². The molecule has 0 saturated heterocycles. The fourth-order valence-electron chi connectivity index (χ4n) is 3.59. The van der Waals surface area contributed by atoms with E-state index in [4.69, 9.17) is 4.11 Å². The first kappa shape index (κ1) is 14.9. The molecule has 3 nitrogen and oxygen atoms in total. The summed E-state index contributed by atoms with van der Waals surface area (Å²) in [6, 6.07) is 11.4. The van der Waals surface area contributed by atoms with E-state index in [1.54, 1.807) is 12.1 Å². The molecule has 0 fully saturated rings. The second kappa shape index (κ2) is 6.50. The maximum absolute atomic E-state index is 12.4. The van der Waals surface area contributed by atoms with Crippen molar-refractivity contribution in [1.29, 1.82) is 0 Å². The van der Waals surface area contributed by atoms with Crippen molar-refractivity contribution in [2.75, 3.05) is 0 Å². The molecule has 0 radical (unpaired) electrons. The fraction of sp³-hybridized carbons (Fsp3) is 0.227. The molecule has 0 spiro atoms. The van der Waals surface area contributed by atoms with Gasteiger partial charge in [0.05, 0.1) is 13.2 Å². The second-order valence-corrected chi connectivity index (χ2v) is 6.78. The predicted octanol–water partition coefficient (Wildman–Crippen LogP) is 0.919. The zero-order valence-corrected chi connectivity index (χ0v) is 15.8. The van der Waals surface area contributed by atoms with Gasteiger partial charge in [0.1, 0.15) is 11.0 Å². The smallest absolute Gasteiger partial charge is 0.872 e. The molecule has 0 aliphatic rings. The summed E-state index contributed by atoms with van der Waals surface area (Å²) in [7, 11) is 1.90. The van der Waals surface area contributed by atoms with Crippen LogP contribution in [0.15, 0.2) is 42.6 Å². The third-order valence-electron chi connectivity index (χ3n) is 4.97. The van der Waals surface area contributed by atoms with Gasteiger partial charge < -0.3 is 5.11 Å². The van der Waals surface area contributed by atoms with Crippen molar-refractivity contribution in [3.8, 4) is 11.6 Å². The van der Waals surface area contributed by atoms with Gasteiger partial charge >= 0.3 is 18.9 Å². The summed E-state index contributed by atoms with van der Waals surface area (Å²) >= 11 is 0. The van der Waals surface area contributed by atoms with Crippen molar-refractivity contribution in [2.24, 2.45) is 7.05 Å². The first-order valence-corrected chi connectivity index (χ1v) is 8.32. The van der Waals surface area contributed by atoms with E-state index < -0.39 is 6.85 Å². The van der Waals surface area contributed by atoms with Crippen LogP contribution in [-0.2, 0) is 7.05 Å². The van der Waals surface area contributed by atoms with Gasteiger partial charge in [-0.1, -0.05) is 18.2 Å². The maximum Gasteiger partial charge on any atom is 1.00 e. The molecule has 2 aromatic heterocycles. The Labute approximate surface area is 170 Å². The van der Waals surface area contributed by atoms with Crippen LogP contribution in [0.3, 0.4) is 0 Å². The van der Waals surface area contributed by atoms with Gasteiger partial charge in [-0.05, 0) is 62.0 Å². The second-order valence-electron chi connectivity index (χ2n) is 6.78. The van der Waals surface area contributed by atoms with Gasteiger partial charge in [-0.3, -0.25) is 0 Å². The topological polar surface area (TPSA) is 31.9 Å². The quantitative estimate of drug-likeness (QED) is 0.375. The first-order chi connectivity index (χ1) is 13.1. The summed E-state index contributed by atoms with van der Waals surface area (Å²) in [4.78, 5) is 0. The van der Waals surface area contributed by atoms with Crippen LogP contribution < -0.4 is 28.5 Å². The van der Waals surface area contributed by atoms with Gasteiger partial charge in [0.2, 0.25) is 0 Å². The SMILES string of the molecule is [2H]C([2H])([2H])c1cc(-n2c3cc(C)ccc3c3ccc([O-])c(C)c32)[n+](C)cc1C.[Li+]. The minimum Gasteiger partial charge on any atom is -0.872 e. The summed E-state index contributed by atoms with van der Waals surface area (Å²) in [5.41, 5.74) is 4.57. The Balaban J connectivity index is 0.00000240. The van der Waals surface area contributed by atoms with E-state index in [1.807, 2.05) is 49.2 Å². The summed E-state index contributed by atoms with van der Waals surface area (Å²) in [6.45, 7) is 3.45. The zero-order valence-electron chi connectivity index (χ0n) is 18.8. The molecule has 0 aliphatic carbocycles. The van der Waals surface area contributed by atoms with E-state index in [-0.39, 0.29) is 24.6 Å². The number of hydrogen-bond donors (Lipinski definition) is 0. The van der Waals surface area contributed by atoms with Crippen molar-refractivity contribution in [3.63, 3.8) is 0 Å². The van der Waals surface area contributed by atoms with Crippen LogP contribution in [0.25, 0.3) is 27.6 Å². The zero-order chi connectivity index (χ0) is 20.4. The maximum atomic E-state index is 12.4. The van der Waals surface area contributed by atoms with E-state index in [0.29, 0.717) is 16.7 Å². The van der Waals surface area contributed by atoms with Gasteiger partial charge in [0, 0.05) is 21.0 Å². The van der Waals surface area contributed by atoms with Crippen molar-refractivity contribution < 1.29 is 32.6 Å². The minimum absolute atomic E-state index is 0. The summed E-state index contributed by atoms with van der Waals surface area (Å²) < 4.78 is 27.7. The molecular formula is C22H22LiN2O+. The van der Waals surface area contributed by atoms with Crippen LogP contribution in [0.5, 0.6) is 5.75 Å². The van der Waals surface area contributed by atoms with Crippen LogP contribution in [0.1, 0.15) is 26.4 Å². The molecule has 0 N–H and O–H groups in total. The Morgan fingerprint density at radius 1 is 1.00 bits per heavy atom. The molecule has 0 bridgehead atoms. The first-order valence-electron chi connectivity index (χ1n) is 9.82. The van der Waals surface area contributed by atoms with Crippen LogP contribution in [-0.4, -0.2) is 4.57 Å². The van der Waals surface area contributed by atoms with E-state index in [9.17, 15) is 5.11 Å². The van der Waals surface area contributed by atoms with Crippen molar-refractivity contribution >= 4 is 21.8 Å². The normalized spacial score (nSPS) is 13.3. The van der Waals surface area contributed by atoms with Crippen LogP contribution in [0.4, 0.5) is 0 Å². The van der Waals surface area contributed by atoms with E-state index in [2.05, 4.69) is 18.2 Å². The minimum atomic E-state index is -2.21. The number of rotatable bonds is 1. The summed E-state index contributed by atoms with van der Waals surface area (Å²) in [5.74, 6) is 0.690. The number of hydrogen-bond acceptors (Lipinski definition) is 1. The Kier molecular flexibility index (Phi) is 3.73. The van der Waals surface area contributed by atoms with Crippen LogP contribution in [0, 0.1) is 27.6 Å². The van der Waals surface area contributed by atoms with Gasteiger partial charge in [-0.2, -0.15) is 4.57 Å². The van der Waals surface area contributed by atoms with E-state index in [1.165, 1.54) is 0 Å². The molecule has 0 unspecified atom stereocenters. The Morgan fingerprint density at radius 2 is 1.73 bits per heavy atom. The summed E-state index contributed by atoms with van der Waals surface area (Å²) in [6.07, 6.45) is 1.83. The van der Waals surface area contributed by atoms with E-state index >= 15 is 0 Å². The number of aryl methyl sites for hydroxylation is 5. The Hall–Kier alpha value is -2.21. The van der Waals surface area contributed by atoms with Crippen molar-refractivity contribution in [1.82, 2.24) is 4.57 Å². The number of pyridine rings is 1. The summed E-state index contributed by atoms with van der Waals surface area (Å²) in [5, 5.41) is 14.4. The Morgan fingerprint density at radius 3 is 2.46 bits per heavy atom. The largest absolute Gasteiger partial charge is 1.00 e. The fourth-order valence-corrected chi connectivity index (χ4v) is 3.59. The number of benzene rings is 2. The van der Waals surface area contributed by atoms with Crippen molar-refractivity contribution in [2.45, 2.75) is 27.6 Å². The molecule has 4 heteroatoms. The molecule has 0 saturated carbocycles. The molecular weight excluding hydrogens is 315 g/mol. The average Bonchev–Trinajstić information content (AvgIpc) is 2.91. The number of fused-ring (bicyclic) bond motifs is 3. The molecule has 0 atom stereocenters. The van der Waals surface area contributed by atoms with E-state index in [0.717, 1.165) is 33.2 Å². The molecule has 4 aromatic rings. The third-order valence-corrected chi connectivity index (χ3v) is 4.97. The third kappa shape index (κ3) is 2.63. The molecule has 0 amide bonds. The Bertz CT molecular complexity index is 1260. The number of nitrogens with zero attached hydrogens (tertiary/aromatic N) is 2. The number of aromatic nitrogens is 2.